The first kappa shape index (κ1) is 8.89. The van der Waals surface area contributed by atoms with Gasteiger partial charge >= 0.3 is 0 Å². The number of methoxy groups -OCH3 is 1. The minimum atomic E-state index is -1.74. The molecule has 0 spiro atoms. The van der Waals surface area contributed by atoms with Crippen LogP contribution in [-0.4, -0.2) is 47.2 Å². The van der Waals surface area contributed by atoms with Crippen LogP contribution in [0.4, 0.5) is 0 Å². The summed E-state index contributed by atoms with van der Waals surface area (Å²) in [5.41, 5.74) is 0. The van der Waals surface area contributed by atoms with Gasteiger partial charge < -0.3 is 24.8 Å². The predicted octanol–water partition coefficient (Wildman–Crippen LogP) is -1.58. The molecule has 5 heteroatoms. The van der Waals surface area contributed by atoms with Crippen LogP contribution in [0.2, 0.25) is 0 Å². The molecule has 1 fully saturated rings. The maximum atomic E-state index is 9.25. The van der Waals surface area contributed by atoms with Crippen molar-refractivity contribution in [2.75, 3.05) is 13.7 Å². The standard InChI is InChI=1S/C6H12O5/c1-10-6(9)2-4(7)5(8)3-11-6/h4-5,7-9H,2-3H2,1H3. The predicted molar refractivity (Wildman–Crippen MR) is 34.5 cm³/mol. The van der Waals surface area contributed by atoms with E-state index in [1.165, 1.54) is 7.11 Å². The van der Waals surface area contributed by atoms with E-state index < -0.39 is 18.2 Å². The Balaban J connectivity index is 2.51. The molecule has 0 aromatic carbocycles. The van der Waals surface area contributed by atoms with Crippen LogP contribution in [0, 0.1) is 0 Å². The van der Waals surface area contributed by atoms with Crippen molar-refractivity contribution < 1.29 is 24.8 Å². The van der Waals surface area contributed by atoms with E-state index in [1.807, 2.05) is 0 Å². The van der Waals surface area contributed by atoms with Gasteiger partial charge in [0.15, 0.2) is 0 Å². The normalized spacial score (nSPS) is 45.8. The lowest BCUT2D eigenvalue weighted by atomic mass is 10.1. The Kier molecular flexibility index (Phi) is 2.46. The molecular formula is C6H12O5. The number of ether oxygens (including phenoxy) is 2. The summed E-state index contributed by atoms with van der Waals surface area (Å²) >= 11 is 0. The van der Waals surface area contributed by atoms with Crippen molar-refractivity contribution in [2.45, 2.75) is 24.6 Å². The molecule has 1 rings (SSSR count). The van der Waals surface area contributed by atoms with Crippen molar-refractivity contribution in [3.8, 4) is 0 Å². The molecule has 3 N–H and O–H groups in total. The molecule has 1 saturated heterocycles. The lowest BCUT2D eigenvalue weighted by molar-refractivity contribution is -0.385. The second-order valence-electron chi connectivity index (χ2n) is 2.57. The molecule has 0 saturated carbocycles. The molecule has 11 heavy (non-hydrogen) atoms. The molecule has 0 bridgehead atoms. The van der Waals surface area contributed by atoms with Crippen molar-refractivity contribution in [1.29, 1.82) is 0 Å². The van der Waals surface area contributed by atoms with Gasteiger partial charge in [0.25, 0.3) is 5.97 Å². The van der Waals surface area contributed by atoms with Crippen LogP contribution in [0.1, 0.15) is 6.42 Å². The Morgan fingerprint density at radius 3 is 2.55 bits per heavy atom. The molecule has 0 aromatic heterocycles. The monoisotopic (exact) mass is 164 g/mol. The maximum Gasteiger partial charge on any atom is 0.282 e. The van der Waals surface area contributed by atoms with Crippen LogP contribution in [0.5, 0.6) is 0 Å². The van der Waals surface area contributed by atoms with Crippen molar-refractivity contribution in [3.63, 3.8) is 0 Å². The first-order chi connectivity index (χ1) is 5.07. The summed E-state index contributed by atoms with van der Waals surface area (Å²) < 4.78 is 9.28. The lowest BCUT2D eigenvalue weighted by Crippen LogP contribution is -2.50. The van der Waals surface area contributed by atoms with Gasteiger partial charge in [-0.25, -0.2) is 0 Å². The summed E-state index contributed by atoms with van der Waals surface area (Å²) in [6.07, 6.45) is -2.07. The highest BCUT2D eigenvalue weighted by atomic mass is 16.8. The third-order valence-electron chi connectivity index (χ3n) is 1.71. The minimum absolute atomic E-state index is 0.120. The van der Waals surface area contributed by atoms with Crippen LogP contribution in [0.3, 0.4) is 0 Å². The number of hydrogen-bond donors (Lipinski definition) is 3. The fraction of sp³-hybridized carbons (Fsp3) is 1.00. The number of aliphatic hydroxyl groups is 3. The first-order valence-corrected chi connectivity index (χ1v) is 3.35. The molecule has 3 unspecified atom stereocenters. The average Bonchev–Trinajstić information content (AvgIpc) is 1.98. The maximum absolute atomic E-state index is 9.25. The van der Waals surface area contributed by atoms with Crippen LogP contribution in [0.15, 0.2) is 0 Å². The largest absolute Gasteiger partial charge is 0.390 e. The Morgan fingerprint density at radius 2 is 2.09 bits per heavy atom. The van der Waals surface area contributed by atoms with Crippen LogP contribution >= 0.6 is 0 Å². The SMILES string of the molecule is COC1(O)CC(O)C(O)CO1. The van der Waals surface area contributed by atoms with Gasteiger partial charge in [-0.15, -0.1) is 0 Å². The van der Waals surface area contributed by atoms with Gasteiger partial charge in [-0.1, -0.05) is 0 Å². The topological polar surface area (TPSA) is 79.2 Å². The zero-order valence-corrected chi connectivity index (χ0v) is 6.23. The van der Waals surface area contributed by atoms with Crippen LogP contribution in [-0.2, 0) is 9.47 Å². The second-order valence-corrected chi connectivity index (χ2v) is 2.57. The molecule has 0 aromatic rings. The second kappa shape index (κ2) is 3.04. The fourth-order valence-corrected chi connectivity index (χ4v) is 0.928. The van der Waals surface area contributed by atoms with Crippen LogP contribution < -0.4 is 0 Å². The summed E-state index contributed by atoms with van der Waals surface area (Å²) in [6.45, 7) is -0.120. The molecule has 0 amide bonds. The van der Waals surface area contributed by atoms with Gasteiger partial charge in [0.1, 0.15) is 6.10 Å². The van der Waals surface area contributed by atoms with E-state index in [1.54, 1.807) is 0 Å². The van der Waals surface area contributed by atoms with Crippen molar-refractivity contribution in [3.05, 3.63) is 0 Å². The quantitative estimate of drug-likeness (QED) is 0.408. The number of aliphatic hydroxyl groups excluding tert-OH is 2. The van der Waals surface area contributed by atoms with E-state index in [9.17, 15) is 5.11 Å². The Labute approximate surface area is 64.2 Å². The molecule has 5 nitrogen and oxygen atoms in total. The third-order valence-corrected chi connectivity index (χ3v) is 1.71. The van der Waals surface area contributed by atoms with E-state index in [0.29, 0.717) is 0 Å². The van der Waals surface area contributed by atoms with Gasteiger partial charge in [0.2, 0.25) is 0 Å². The molecule has 0 aliphatic carbocycles. The molecule has 1 aliphatic rings. The van der Waals surface area contributed by atoms with Gasteiger partial charge in [-0.3, -0.25) is 0 Å². The van der Waals surface area contributed by atoms with Gasteiger partial charge in [0.05, 0.1) is 19.1 Å². The number of hydrogen-bond acceptors (Lipinski definition) is 5. The summed E-state index contributed by atoms with van der Waals surface area (Å²) in [7, 11) is 1.27. The molecular weight excluding hydrogens is 152 g/mol. The van der Waals surface area contributed by atoms with Gasteiger partial charge in [-0.2, -0.15) is 0 Å². The summed E-state index contributed by atoms with van der Waals surface area (Å²) in [5.74, 6) is -1.74. The van der Waals surface area contributed by atoms with Gasteiger partial charge in [-0.05, 0) is 0 Å². The van der Waals surface area contributed by atoms with Crippen molar-refractivity contribution in [2.24, 2.45) is 0 Å². The van der Waals surface area contributed by atoms with E-state index in [2.05, 4.69) is 4.74 Å². The van der Waals surface area contributed by atoms with Crippen LogP contribution in [0.25, 0.3) is 0 Å². The lowest BCUT2D eigenvalue weighted by Gasteiger charge is -2.35. The molecule has 66 valence electrons. The van der Waals surface area contributed by atoms with Crippen molar-refractivity contribution in [1.82, 2.24) is 0 Å². The highest BCUT2D eigenvalue weighted by molar-refractivity contribution is 4.76. The summed E-state index contributed by atoms with van der Waals surface area (Å²) in [6, 6.07) is 0. The zero-order chi connectivity index (χ0) is 8.48. The molecule has 0 radical (unpaired) electrons. The van der Waals surface area contributed by atoms with E-state index in [-0.39, 0.29) is 13.0 Å². The third kappa shape index (κ3) is 1.88. The average molecular weight is 164 g/mol. The van der Waals surface area contributed by atoms with Crippen molar-refractivity contribution >= 4 is 0 Å². The fourth-order valence-electron chi connectivity index (χ4n) is 0.928. The van der Waals surface area contributed by atoms with E-state index in [4.69, 9.17) is 14.9 Å². The molecule has 3 atom stereocenters. The minimum Gasteiger partial charge on any atom is -0.390 e. The smallest absolute Gasteiger partial charge is 0.282 e. The first-order valence-electron chi connectivity index (χ1n) is 3.35. The summed E-state index contributed by atoms with van der Waals surface area (Å²) in [4.78, 5) is 0. The Morgan fingerprint density at radius 1 is 1.45 bits per heavy atom. The number of rotatable bonds is 1. The van der Waals surface area contributed by atoms with Gasteiger partial charge in [0, 0.05) is 7.11 Å². The Bertz CT molecular complexity index is 139. The molecule has 1 heterocycles. The Hall–Kier alpha value is -0.200. The van der Waals surface area contributed by atoms with E-state index in [0.717, 1.165) is 0 Å². The molecule has 1 aliphatic heterocycles. The summed E-state index contributed by atoms with van der Waals surface area (Å²) in [5, 5.41) is 27.3. The highest BCUT2D eigenvalue weighted by Gasteiger charge is 2.39. The van der Waals surface area contributed by atoms with E-state index >= 15 is 0 Å². The highest BCUT2D eigenvalue weighted by Crippen LogP contribution is 2.22. The zero-order valence-electron chi connectivity index (χ0n) is 6.23.